The molecule has 1 aliphatic rings. The largest absolute Gasteiger partial charge is 0.377 e. The Bertz CT molecular complexity index is 445. The molecule has 1 amide bonds. The highest BCUT2D eigenvalue weighted by atomic mass is 35.5. The van der Waals surface area contributed by atoms with Gasteiger partial charge in [0.15, 0.2) is 0 Å². The van der Waals surface area contributed by atoms with Crippen molar-refractivity contribution in [3.8, 4) is 0 Å². The third-order valence-corrected chi connectivity index (χ3v) is 3.63. The number of benzene rings is 1. The van der Waals surface area contributed by atoms with Crippen LogP contribution < -0.4 is 10.6 Å². The number of anilines is 1. The number of ether oxygens (including phenoxy) is 1. The first-order valence-electron chi connectivity index (χ1n) is 6.54. The van der Waals surface area contributed by atoms with Gasteiger partial charge in [0.25, 0.3) is 0 Å². The summed E-state index contributed by atoms with van der Waals surface area (Å²) in [6, 6.07) is 5.48. The highest BCUT2D eigenvalue weighted by molar-refractivity contribution is 6.31. The molecule has 4 nitrogen and oxygen atoms in total. The van der Waals surface area contributed by atoms with Gasteiger partial charge in [-0.05, 0) is 37.5 Å². The maximum Gasteiger partial charge on any atom is 0.238 e. The third kappa shape index (κ3) is 4.20. The zero-order valence-electron chi connectivity index (χ0n) is 11.0. The smallest absolute Gasteiger partial charge is 0.238 e. The molecule has 104 valence electrons. The van der Waals surface area contributed by atoms with Crippen LogP contribution in [0.1, 0.15) is 18.4 Å². The van der Waals surface area contributed by atoms with E-state index in [2.05, 4.69) is 10.6 Å². The summed E-state index contributed by atoms with van der Waals surface area (Å²) in [5.41, 5.74) is 1.65. The predicted octanol–water partition coefficient (Wildman–Crippen LogP) is 2.36. The molecule has 0 saturated carbocycles. The summed E-state index contributed by atoms with van der Waals surface area (Å²) >= 11 is 6.00. The van der Waals surface area contributed by atoms with Gasteiger partial charge in [-0.1, -0.05) is 17.7 Å². The number of carbonyl (C=O) groups is 1. The quantitative estimate of drug-likeness (QED) is 0.872. The lowest BCUT2D eigenvalue weighted by Gasteiger charge is -2.12. The molecule has 1 atom stereocenters. The van der Waals surface area contributed by atoms with Gasteiger partial charge < -0.3 is 15.4 Å². The Hall–Kier alpha value is -1.10. The highest BCUT2D eigenvalue weighted by Gasteiger charge is 2.15. The number of amides is 1. The number of rotatable bonds is 5. The second-order valence-electron chi connectivity index (χ2n) is 4.73. The molecule has 2 N–H and O–H groups in total. The molecule has 1 aliphatic heterocycles. The van der Waals surface area contributed by atoms with Crippen molar-refractivity contribution in [3.05, 3.63) is 28.8 Å². The minimum Gasteiger partial charge on any atom is -0.377 e. The monoisotopic (exact) mass is 282 g/mol. The summed E-state index contributed by atoms with van der Waals surface area (Å²) in [5.74, 6) is -0.0663. The minimum atomic E-state index is -0.0663. The van der Waals surface area contributed by atoms with Crippen LogP contribution in [-0.2, 0) is 9.53 Å². The van der Waals surface area contributed by atoms with E-state index in [1.54, 1.807) is 0 Å². The molecule has 1 heterocycles. The number of hydrogen-bond donors (Lipinski definition) is 2. The molecule has 1 saturated heterocycles. The lowest BCUT2D eigenvalue weighted by Crippen LogP contribution is -2.33. The van der Waals surface area contributed by atoms with Crippen molar-refractivity contribution >= 4 is 23.2 Å². The van der Waals surface area contributed by atoms with E-state index in [0.717, 1.165) is 37.2 Å². The maximum absolute atomic E-state index is 11.8. The van der Waals surface area contributed by atoms with Gasteiger partial charge in [0.2, 0.25) is 5.91 Å². The van der Waals surface area contributed by atoms with E-state index >= 15 is 0 Å². The van der Waals surface area contributed by atoms with Crippen molar-refractivity contribution in [2.45, 2.75) is 25.9 Å². The molecule has 0 aromatic heterocycles. The zero-order chi connectivity index (χ0) is 13.7. The van der Waals surface area contributed by atoms with Gasteiger partial charge in [-0.3, -0.25) is 4.79 Å². The summed E-state index contributed by atoms with van der Waals surface area (Å²) in [6.45, 7) is 3.73. The fourth-order valence-electron chi connectivity index (χ4n) is 2.09. The predicted molar refractivity (Wildman–Crippen MR) is 76.7 cm³/mol. The van der Waals surface area contributed by atoms with E-state index in [4.69, 9.17) is 16.3 Å². The number of carbonyl (C=O) groups excluding carboxylic acids is 1. The zero-order valence-corrected chi connectivity index (χ0v) is 11.8. The fraction of sp³-hybridized carbons (Fsp3) is 0.500. The molecule has 1 fully saturated rings. The summed E-state index contributed by atoms with van der Waals surface area (Å²) in [7, 11) is 0. The van der Waals surface area contributed by atoms with Crippen molar-refractivity contribution in [1.29, 1.82) is 0 Å². The minimum absolute atomic E-state index is 0.0663. The van der Waals surface area contributed by atoms with Crippen molar-refractivity contribution < 1.29 is 9.53 Å². The van der Waals surface area contributed by atoms with Crippen LogP contribution in [0.4, 0.5) is 5.69 Å². The van der Waals surface area contributed by atoms with Gasteiger partial charge >= 0.3 is 0 Å². The van der Waals surface area contributed by atoms with Gasteiger partial charge in [0.05, 0.1) is 12.6 Å². The summed E-state index contributed by atoms with van der Waals surface area (Å²) in [6.07, 6.45) is 2.43. The Balaban J connectivity index is 1.76. The molecular weight excluding hydrogens is 264 g/mol. The molecule has 5 heteroatoms. The van der Waals surface area contributed by atoms with Crippen LogP contribution >= 0.6 is 11.6 Å². The van der Waals surface area contributed by atoms with E-state index in [1.165, 1.54) is 0 Å². The van der Waals surface area contributed by atoms with Crippen LogP contribution in [0.15, 0.2) is 18.2 Å². The van der Waals surface area contributed by atoms with Crippen molar-refractivity contribution in [2.24, 2.45) is 0 Å². The van der Waals surface area contributed by atoms with Gasteiger partial charge in [0, 0.05) is 23.9 Å². The Labute approximate surface area is 118 Å². The van der Waals surface area contributed by atoms with E-state index in [-0.39, 0.29) is 18.6 Å². The summed E-state index contributed by atoms with van der Waals surface area (Å²) in [4.78, 5) is 11.8. The number of halogens is 1. The van der Waals surface area contributed by atoms with Crippen LogP contribution in [0.5, 0.6) is 0 Å². The van der Waals surface area contributed by atoms with Crippen LogP contribution in [0, 0.1) is 6.92 Å². The van der Waals surface area contributed by atoms with Crippen molar-refractivity contribution in [3.63, 3.8) is 0 Å². The average Bonchev–Trinajstić information content (AvgIpc) is 2.88. The molecule has 0 spiro atoms. The summed E-state index contributed by atoms with van der Waals surface area (Å²) < 4.78 is 5.48. The Kier molecular flexibility index (Phi) is 5.19. The highest BCUT2D eigenvalue weighted by Crippen LogP contribution is 2.22. The SMILES string of the molecule is Cc1c(Cl)cccc1NC(=O)CNCC1CCCO1. The first kappa shape index (κ1) is 14.3. The van der Waals surface area contributed by atoms with Crippen molar-refractivity contribution in [1.82, 2.24) is 5.32 Å². The normalized spacial score (nSPS) is 18.5. The van der Waals surface area contributed by atoms with Crippen LogP contribution in [0.25, 0.3) is 0 Å². The van der Waals surface area contributed by atoms with Crippen LogP contribution in [0.2, 0.25) is 5.02 Å². The van der Waals surface area contributed by atoms with Gasteiger partial charge in [-0.2, -0.15) is 0 Å². The average molecular weight is 283 g/mol. The van der Waals surface area contributed by atoms with Crippen LogP contribution in [-0.4, -0.2) is 31.7 Å². The van der Waals surface area contributed by atoms with E-state index in [9.17, 15) is 4.79 Å². The third-order valence-electron chi connectivity index (χ3n) is 3.22. The number of nitrogens with one attached hydrogen (secondary N) is 2. The Morgan fingerprint density at radius 1 is 1.53 bits per heavy atom. The second-order valence-corrected chi connectivity index (χ2v) is 5.13. The lowest BCUT2D eigenvalue weighted by molar-refractivity contribution is -0.115. The Morgan fingerprint density at radius 2 is 2.37 bits per heavy atom. The molecule has 1 unspecified atom stereocenters. The molecule has 1 aromatic carbocycles. The molecule has 19 heavy (non-hydrogen) atoms. The van der Waals surface area contributed by atoms with Gasteiger partial charge in [0.1, 0.15) is 0 Å². The summed E-state index contributed by atoms with van der Waals surface area (Å²) in [5, 5.41) is 6.62. The van der Waals surface area contributed by atoms with Crippen molar-refractivity contribution in [2.75, 3.05) is 25.0 Å². The van der Waals surface area contributed by atoms with E-state index in [1.807, 2.05) is 25.1 Å². The van der Waals surface area contributed by atoms with Gasteiger partial charge in [-0.15, -0.1) is 0 Å². The first-order valence-corrected chi connectivity index (χ1v) is 6.92. The molecule has 0 radical (unpaired) electrons. The molecule has 1 aromatic rings. The lowest BCUT2D eigenvalue weighted by atomic mass is 10.2. The van der Waals surface area contributed by atoms with Crippen LogP contribution in [0.3, 0.4) is 0 Å². The molecule has 0 aliphatic carbocycles. The number of hydrogen-bond acceptors (Lipinski definition) is 3. The topological polar surface area (TPSA) is 50.4 Å². The standard InChI is InChI=1S/C14H19ClN2O2/c1-10-12(15)5-2-6-13(10)17-14(18)9-16-8-11-4-3-7-19-11/h2,5-6,11,16H,3-4,7-9H2,1H3,(H,17,18). The maximum atomic E-state index is 11.8. The fourth-order valence-corrected chi connectivity index (χ4v) is 2.26. The molecular formula is C14H19ClN2O2. The Morgan fingerprint density at radius 3 is 3.11 bits per heavy atom. The van der Waals surface area contributed by atoms with E-state index < -0.39 is 0 Å². The molecule has 0 bridgehead atoms. The second kappa shape index (κ2) is 6.89. The first-order chi connectivity index (χ1) is 9.16. The molecule has 2 rings (SSSR count). The van der Waals surface area contributed by atoms with E-state index in [0.29, 0.717) is 5.02 Å². The van der Waals surface area contributed by atoms with Gasteiger partial charge in [-0.25, -0.2) is 0 Å².